The molecule has 0 aliphatic heterocycles. The molecule has 1 aromatic heterocycles. The van der Waals surface area contributed by atoms with Crippen LogP contribution in [0.4, 0.5) is 5.69 Å². The van der Waals surface area contributed by atoms with Crippen molar-refractivity contribution in [2.24, 2.45) is 0 Å². The fourth-order valence-electron chi connectivity index (χ4n) is 3.56. The topological polar surface area (TPSA) is 72.4 Å². The second kappa shape index (κ2) is 9.08. The molecular weight excluding hydrogens is 390 g/mol. The molecule has 0 aliphatic rings. The smallest absolute Gasteiger partial charge is 0.270 e. The molecule has 0 unspecified atom stereocenters. The number of benzene rings is 2. The molecule has 0 saturated heterocycles. The minimum absolute atomic E-state index is 0.218. The minimum Gasteiger partial charge on any atom is -0.481 e. The molecule has 0 saturated carbocycles. The minimum atomic E-state index is -0.690. The van der Waals surface area contributed by atoms with Gasteiger partial charge in [-0.25, -0.2) is 0 Å². The Morgan fingerprint density at radius 2 is 1.42 bits per heavy atom. The number of amides is 2. The SMILES string of the molecule is Cc1cc(C)c(NC(=O)[C@H](C)Oc2ccc(C(=O)Nn3c(C)ccc3C)cc2)c(C)c1. The van der Waals surface area contributed by atoms with Crippen LogP contribution < -0.4 is 15.5 Å². The molecule has 0 aliphatic carbocycles. The lowest BCUT2D eigenvalue weighted by molar-refractivity contribution is -0.122. The molecule has 6 nitrogen and oxygen atoms in total. The van der Waals surface area contributed by atoms with E-state index in [-0.39, 0.29) is 11.8 Å². The first-order valence-corrected chi connectivity index (χ1v) is 10.3. The Labute approximate surface area is 183 Å². The summed E-state index contributed by atoms with van der Waals surface area (Å²) in [6.07, 6.45) is -0.690. The third-order valence-electron chi connectivity index (χ3n) is 5.21. The second-order valence-corrected chi connectivity index (χ2v) is 7.94. The lowest BCUT2D eigenvalue weighted by Crippen LogP contribution is -2.30. The molecule has 0 spiro atoms. The number of hydrogen-bond acceptors (Lipinski definition) is 3. The monoisotopic (exact) mass is 419 g/mol. The van der Waals surface area contributed by atoms with Crippen LogP contribution in [-0.2, 0) is 4.79 Å². The van der Waals surface area contributed by atoms with Crippen LogP contribution in [0.1, 0.15) is 45.4 Å². The van der Waals surface area contributed by atoms with Crippen molar-refractivity contribution in [1.82, 2.24) is 4.68 Å². The van der Waals surface area contributed by atoms with Crippen molar-refractivity contribution >= 4 is 17.5 Å². The highest BCUT2D eigenvalue weighted by molar-refractivity contribution is 6.00. The molecule has 1 atom stereocenters. The molecule has 6 heteroatoms. The van der Waals surface area contributed by atoms with Gasteiger partial charge in [0.05, 0.1) is 0 Å². The number of carbonyl (C=O) groups excluding carboxylic acids is 2. The molecule has 31 heavy (non-hydrogen) atoms. The van der Waals surface area contributed by atoms with Gasteiger partial charge in [0, 0.05) is 22.6 Å². The molecule has 0 fully saturated rings. The van der Waals surface area contributed by atoms with E-state index in [1.165, 1.54) is 0 Å². The van der Waals surface area contributed by atoms with Crippen LogP contribution in [-0.4, -0.2) is 22.6 Å². The fourth-order valence-corrected chi connectivity index (χ4v) is 3.56. The van der Waals surface area contributed by atoms with E-state index in [9.17, 15) is 9.59 Å². The molecule has 162 valence electrons. The van der Waals surface area contributed by atoms with Gasteiger partial charge < -0.3 is 10.1 Å². The van der Waals surface area contributed by atoms with Crippen LogP contribution in [0.3, 0.4) is 0 Å². The number of rotatable bonds is 6. The first kappa shape index (κ1) is 22.2. The maximum absolute atomic E-state index is 12.6. The lowest BCUT2D eigenvalue weighted by Gasteiger charge is -2.18. The van der Waals surface area contributed by atoms with Crippen LogP contribution in [0.2, 0.25) is 0 Å². The molecule has 2 N–H and O–H groups in total. The van der Waals surface area contributed by atoms with Gasteiger partial charge in [-0.2, -0.15) is 0 Å². The Balaban J connectivity index is 1.62. The van der Waals surface area contributed by atoms with Crippen LogP contribution in [0.25, 0.3) is 0 Å². The number of anilines is 1. The number of nitrogens with one attached hydrogen (secondary N) is 2. The Kier molecular flexibility index (Phi) is 6.49. The summed E-state index contributed by atoms with van der Waals surface area (Å²) in [5, 5.41) is 2.96. The van der Waals surface area contributed by atoms with Gasteiger partial charge in [-0.3, -0.25) is 19.7 Å². The quantitative estimate of drug-likeness (QED) is 0.602. The molecule has 3 aromatic rings. The van der Waals surface area contributed by atoms with E-state index in [1.807, 2.05) is 58.9 Å². The van der Waals surface area contributed by atoms with E-state index in [0.717, 1.165) is 33.8 Å². The van der Waals surface area contributed by atoms with Gasteiger partial charge in [0.25, 0.3) is 11.8 Å². The van der Waals surface area contributed by atoms with Crippen molar-refractivity contribution in [3.05, 3.63) is 82.2 Å². The summed E-state index contributed by atoms with van der Waals surface area (Å²) >= 11 is 0. The summed E-state index contributed by atoms with van der Waals surface area (Å²) in [5.41, 5.74) is 9.27. The van der Waals surface area contributed by atoms with Crippen LogP contribution in [0, 0.1) is 34.6 Å². The van der Waals surface area contributed by atoms with Gasteiger partial charge in [-0.05, 0) is 89.1 Å². The van der Waals surface area contributed by atoms with E-state index in [4.69, 9.17) is 4.74 Å². The number of aryl methyl sites for hydroxylation is 5. The first-order chi connectivity index (χ1) is 14.7. The van der Waals surface area contributed by atoms with Crippen LogP contribution >= 0.6 is 0 Å². The standard InChI is InChI=1S/C25H29N3O3/c1-15-13-16(2)23(17(3)14-15)26-24(29)20(6)31-22-11-9-21(10-12-22)25(30)27-28-18(4)7-8-19(28)5/h7-14,20H,1-6H3,(H,26,29)(H,27,30)/t20-/m0/s1. The summed E-state index contributed by atoms with van der Waals surface area (Å²) in [5.74, 6) is 0.0744. The van der Waals surface area contributed by atoms with Crippen molar-refractivity contribution in [2.45, 2.75) is 47.6 Å². The zero-order valence-corrected chi connectivity index (χ0v) is 18.9. The van der Waals surface area contributed by atoms with Crippen LogP contribution in [0.15, 0.2) is 48.5 Å². The third-order valence-corrected chi connectivity index (χ3v) is 5.21. The Bertz CT molecular complexity index is 1070. The summed E-state index contributed by atoms with van der Waals surface area (Å²) in [7, 11) is 0. The van der Waals surface area contributed by atoms with Gasteiger partial charge in [-0.15, -0.1) is 0 Å². The van der Waals surface area contributed by atoms with E-state index in [2.05, 4.69) is 10.7 Å². The predicted octanol–water partition coefficient (Wildman–Crippen LogP) is 4.82. The highest BCUT2D eigenvalue weighted by atomic mass is 16.5. The second-order valence-electron chi connectivity index (χ2n) is 7.94. The maximum atomic E-state index is 12.6. The predicted molar refractivity (Wildman–Crippen MR) is 123 cm³/mol. The number of nitrogens with zero attached hydrogens (tertiary/aromatic N) is 1. The Morgan fingerprint density at radius 1 is 0.871 bits per heavy atom. The van der Waals surface area contributed by atoms with Gasteiger partial charge in [0.2, 0.25) is 0 Å². The van der Waals surface area contributed by atoms with Crippen LogP contribution in [0.5, 0.6) is 5.75 Å². The molecule has 3 rings (SSSR count). The van der Waals surface area contributed by atoms with Gasteiger partial charge >= 0.3 is 0 Å². The molecule has 2 aromatic carbocycles. The van der Waals surface area contributed by atoms with E-state index < -0.39 is 6.10 Å². The Morgan fingerprint density at radius 3 is 1.97 bits per heavy atom. The van der Waals surface area contributed by atoms with Crippen molar-refractivity contribution in [1.29, 1.82) is 0 Å². The van der Waals surface area contributed by atoms with Crippen molar-refractivity contribution in [3.63, 3.8) is 0 Å². The van der Waals surface area contributed by atoms with Crippen molar-refractivity contribution in [2.75, 3.05) is 10.7 Å². The largest absolute Gasteiger partial charge is 0.481 e. The summed E-state index contributed by atoms with van der Waals surface area (Å²) in [6, 6.07) is 14.7. The summed E-state index contributed by atoms with van der Waals surface area (Å²) < 4.78 is 7.53. The number of carbonyl (C=O) groups is 2. The average Bonchev–Trinajstić information content (AvgIpc) is 3.03. The third kappa shape index (κ3) is 5.15. The molecule has 0 radical (unpaired) electrons. The summed E-state index contributed by atoms with van der Waals surface area (Å²) in [4.78, 5) is 25.1. The highest BCUT2D eigenvalue weighted by Crippen LogP contribution is 2.23. The van der Waals surface area contributed by atoms with E-state index >= 15 is 0 Å². The van der Waals surface area contributed by atoms with Crippen molar-refractivity contribution in [3.8, 4) is 5.75 Å². The average molecular weight is 420 g/mol. The van der Waals surface area contributed by atoms with E-state index in [1.54, 1.807) is 35.9 Å². The maximum Gasteiger partial charge on any atom is 0.270 e. The van der Waals surface area contributed by atoms with Crippen molar-refractivity contribution < 1.29 is 14.3 Å². The lowest BCUT2D eigenvalue weighted by atomic mass is 10.0. The molecular formula is C25H29N3O3. The van der Waals surface area contributed by atoms with Gasteiger partial charge in [-0.1, -0.05) is 17.7 Å². The fraction of sp³-hybridized carbons (Fsp3) is 0.280. The normalized spacial score (nSPS) is 11.7. The molecule has 1 heterocycles. The Hall–Kier alpha value is -3.54. The zero-order chi connectivity index (χ0) is 22.7. The summed E-state index contributed by atoms with van der Waals surface area (Å²) in [6.45, 7) is 11.5. The van der Waals surface area contributed by atoms with Gasteiger partial charge in [0.15, 0.2) is 6.10 Å². The number of ether oxygens (including phenoxy) is 1. The van der Waals surface area contributed by atoms with E-state index in [0.29, 0.717) is 11.3 Å². The molecule has 2 amide bonds. The highest BCUT2D eigenvalue weighted by Gasteiger charge is 2.17. The van der Waals surface area contributed by atoms with Gasteiger partial charge in [0.1, 0.15) is 5.75 Å². The number of aromatic nitrogens is 1. The number of hydrogen-bond donors (Lipinski definition) is 2. The molecule has 0 bridgehead atoms. The zero-order valence-electron chi connectivity index (χ0n) is 18.9. The first-order valence-electron chi connectivity index (χ1n) is 10.3.